The summed E-state index contributed by atoms with van der Waals surface area (Å²) in [6.07, 6.45) is 0.909. The molecule has 130 valence electrons. The number of aromatic nitrogens is 2. The molecule has 0 unspecified atom stereocenters. The van der Waals surface area contributed by atoms with Gasteiger partial charge in [0.05, 0.1) is 12.8 Å². The minimum Gasteiger partial charge on any atom is -0.495 e. The van der Waals surface area contributed by atoms with Crippen molar-refractivity contribution in [2.24, 2.45) is 0 Å². The maximum absolute atomic E-state index is 6.15. The summed E-state index contributed by atoms with van der Waals surface area (Å²) in [5.74, 6) is 2.80. The number of nitrogens with one attached hydrogen (secondary N) is 2. The molecule has 7 heteroatoms. The molecule has 24 heavy (non-hydrogen) atoms. The van der Waals surface area contributed by atoms with E-state index in [0.29, 0.717) is 29.0 Å². The van der Waals surface area contributed by atoms with E-state index in [1.165, 1.54) is 0 Å². The van der Waals surface area contributed by atoms with Gasteiger partial charge in [-0.3, -0.25) is 0 Å². The van der Waals surface area contributed by atoms with Crippen LogP contribution in [-0.2, 0) is 4.74 Å². The van der Waals surface area contributed by atoms with Crippen molar-refractivity contribution in [3.05, 3.63) is 34.6 Å². The van der Waals surface area contributed by atoms with Gasteiger partial charge in [-0.1, -0.05) is 11.6 Å². The molecule has 2 N–H and O–H groups in total. The van der Waals surface area contributed by atoms with Crippen molar-refractivity contribution in [2.45, 2.75) is 20.3 Å². The first-order valence-electron chi connectivity index (χ1n) is 7.73. The Morgan fingerprint density at radius 1 is 1.08 bits per heavy atom. The summed E-state index contributed by atoms with van der Waals surface area (Å²) in [5, 5.41) is 7.21. The van der Waals surface area contributed by atoms with Gasteiger partial charge in [-0.25, -0.2) is 9.97 Å². The van der Waals surface area contributed by atoms with Gasteiger partial charge in [-0.2, -0.15) is 0 Å². The fraction of sp³-hybridized carbons (Fsp3) is 0.412. The Morgan fingerprint density at radius 3 is 2.54 bits per heavy atom. The molecule has 1 heterocycles. The van der Waals surface area contributed by atoms with Gasteiger partial charge in [-0.15, -0.1) is 0 Å². The van der Waals surface area contributed by atoms with Crippen molar-refractivity contribution in [2.75, 3.05) is 38.0 Å². The van der Waals surface area contributed by atoms with Crippen molar-refractivity contribution in [3.8, 4) is 5.75 Å². The largest absolute Gasteiger partial charge is 0.495 e. The predicted molar refractivity (Wildman–Crippen MR) is 97.8 cm³/mol. The maximum atomic E-state index is 6.15. The lowest BCUT2D eigenvalue weighted by Gasteiger charge is -2.14. The Kier molecular flexibility index (Phi) is 6.63. The molecule has 0 bridgehead atoms. The topological polar surface area (TPSA) is 68.3 Å². The van der Waals surface area contributed by atoms with E-state index in [0.717, 1.165) is 30.0 Å². The SMILES string of the molecule is COCCCNc1cc(Nc2cc(C)c(Cl)cc2OC)nc(C)n1. The lowest BCUT2D eigenvalue weighted by Crippen LogP contribution is -2.08. The van der Waals surface area contributed by atoms with E-state index in [1.54, 1.807) is 20.3 Å². The number of methoxy groups -OCH3 is 2. The zero-order valence-corrected chi connectivity index (χ0v) is 15.2. The average molecular weight is 351 g/mol. The molecule has 2 aromatic rings. The van der Waals surface area contributed by atoms with Crippen molar-refractivity contribution < 1.29 is 9.47 Å². The zero-order chi connectivity index (χ0) is 17.5. The molecule has 6 nitrogen and oxygen atoms in total. The summed E-state index contributed by atoms with van der Waals surface area (Å²) in [4.78, 5) is 8.82. The second kappa shape index (κ2) is 8.70. The van der Waals surface area contributed by atoms with E-state index >= 15 is 0 Å². The average Bonchev–Trinajstić information content (AvgIpc) is 2.54. The molecule has 0 radical (unpaired) electrons. The molecular weight excluding hydrogens is 328 g/mol. The van der Waals surface area contributed by atoms with Gasteiger partial charge in [0.15, 0.2) is 0 Å². The van der Waals surface area contributed by atoms with E-state index in [-0.39, 0.29) is 0 Å². The van der Waals surface area contributed by atoms with E-state index in [4.69, 9.17) is 21.1 Å². The lowest BCUT2D eigenvalue weighted by molar-refractivity contribution is 0.198. The van der Waals surface area contributed by atoms with E-state index in [9.17, 15) is 0 Å². The quantitative estimate of drug-likeness (QED) is 0.703. The van der Waals surface area contributed by atoms with Gasteiger partial charge >= 0.3 is 0 Å². The Hall–Kier alpha value is -2.05. The van der Waals surface area contributed by atoms with Crippen LogP contribution in [0.5, 0.6) is 5.75 Å². The summed E-state index contributed by atoms with van der Waals surface area (Å²) in [6.45, 7) is 5.30. The third-order valence-corrected chi connectivity index (χ3v) is 3.82. The Labute approximate surface area is 147 Å². The number of benzene rings is 1. The highest BCUT2D eigenvalue weighted by Crippen LogP contribution is 2.32. The Balaban J connectivity index is 2.17. The van der Waals surface area contributed by atoms with Gasteiger partial charge in [-0.05, 0) is 31.9 Å². The molecule has 0 aliphatic rings. The predicted octanol–water partition coefficient (Wildman–Crippen LogP) is 3.95. The summed E-state index contributed by atoms with van der Waals surface area (Å²) in [5.41, 5.74) is 1.77. The molecule has 1 aromatic carbocycles. The number of nitrogens with zero attached hydrogens (tertiary/aromatic N) is 2. The normalized spacial score (nSPS) is 10.5. The number of hydrogen-bond donors (Lipinski definition) is 2. The maximum Gasteiger partial charge on any atom is 0.143 e. The second-order valence-electron chi connectivity index (χ2n) is 5.39. The van der Waals surface area contributed by atoms with Gasteiger partial charge in [0, 0.05) is 37.4 Å². The summed E-state index contributed by atoms with van der Waals surface area (Å²) in [7, 11) is 3.30. The molecule has 0 spiro atoms. The van der Waals surface area contributed by atoms with E-state index in [2.05, 4.69) is 20.6 Å². The molecule has 0 atom stereocenters. The molecule has 0 fully saturated rings. The molecular formula is C17H23ClN4O2. The van der Waals surface area contributed by atoms with Gasteiger partial charge < -0.3 is 20.1 Å². The fourth-order valence-corrected chi connectivity index (χ4v) is 2.38. The standard InChI is InChI=1S/C17H23ClN4O2/c1-11-8-14(15(24-4)9-13(11)18)22-17-10-16(20-12(2)21-17)19-6-5-7-23-3/h8-10H,5-7H2,1-4H3,(H2,19,20,21,22). The van der Waals surface area contributed by atoms with Gasteiger partial charge in [0.25, 0.3) is 0 Å². The smallest absolute Gasteiger partial charge is 0.143 e. The summed E-state index contributed by atoms with van der Waals surface area (Å²) in [6, 6.07) is 5.59. The Bertz CT molecular complexity index is 695. The summed E-state index contributed by atoms with van der Waals surface area (Å²) >= 11 is 6.15. The number of ether oxygens (including phenoxy) is 2. The number of hydrogen-bond acceptors (Lipinski definition) is 6. The van der Waals surface area contributed by atoms with Gasteiger partial charge in [0.2, 0.25) is 0 Å². The fourth-order valence-electron chi connectivity index (χ4n) is 2.22. The molecule has 0 saturated heterocycles. The highest BCUT2D eigenvalue weighted by atomic mass is 35.5. The second-order valence-corrected chi connectivity index (χ2v) is 5.79. The lowest BCUT2D eigenvalue weighted by atomic mass is 10.2. The van der Waals surface area contributed by atoms with Crippen LogP contribution in [0, 0.1) is 13.8 Å². The monoisotopic (exact) mass is 350 g/mol. The minimum atomic E-state index is 0.663. The van der Waals surface area contributed by atoms with Crippen molar-refractivity contribution in [1.29, 1.82) is 0 Å². The first-order chi connectivity index (χ1) is 11.5. The molecule has 0 aliphatic heterocycles. The van der Waals surface area contributed by atoms with Crippen molar-refractivity contribution >= 4 is 28.9 Å². The third kappa shape index (κ3) is 4.97. The van der Waals surface area contributed by atoms with Crippen LogP contribution in [0.15, 0.2) is 18.2 Å². The van der Waals surface area contributed by atoms with Crippen molar-refractivity contribution in [3.63, 3.8) is 0 Å². The number of halogens is 1. The number of aryl methyl sites for hydroxylation is 2. The van der Waals surface area contributed by atoms with Crippen LogP contribution in [-0.4, -0.2) is 37.3 Å². The molecule has 2 rings (SSSR count). The van der Waals surface area contributed by atoms with Crippen LogP contribution in [0.2, 0.25) is 5.02 Å². The molecule has 0 aliphatic carbocycles. The van der Waals surface area contributed by atoms with Crippen LogP contribution in [0.25, 0.3) is 0 Å². The van der Waals surface area contributed by atoms with Crippen LogP contribution in [0.3, 0.4) is 0 Å². The minimum absolute atomic E-state index is 0.663. The first-order valence-corrected chi connectivity index (χ1v) is 8.11. The molecule has 0 saturated carbocycles. The number of rotatable bonds is 8. The Morgan fingerprint density at radius 2 is 1.83 bits per heavy atom. The van der Waals surface area contributed by atoms with Crippen molar-refractivity contribution in [1.82, 2.24) is 9.97 Å². The van der Waals surface area contributed by atoms with Crippen LogP contribution in [0.4, 0.5) is 17.3 Å². The van der Waals surface area contributed by atoms with E-state index in [1.807, 2.05) is 26.0 Å². The highest BCUT2D eigenvalue weighted by Gasteiger charge is 2.09. The van der Waals surface area contributed by atoms with Crippen LogP contribution >= 0.6 is 11.6 Å². The highest BCUT2D eigenvalue weighted by molar-refractivity contribution is 6.31. The first kappa shape index (κ1) is 18.3. The third-order valence-electron chi connectivity index (χ3n) is 3.41. The zero-order valence-electron chi connectivity index (χ0n) is 14.4. The van der Waals surface area contributed by atoms with Crippen LogP contribution in [0.1, 0.15) is 17.8 Å². The van der Waals surface area contributed by atoms with Gasteiger partial charge in [0.1, 0.15) is 23.2 Å². The molecule has 1 aromatic heterocycles. The van der Waals surface area contributed by atoms with E-state index < -0.39 is 0 Å². The number of anilines is 3. The van der Waals surface area contributed by atoms with Crippen LogP contribution < -0.4 is 15.4 Å². The molecule has 0 amide bonds. The summed E-state index contributed by atoms with van der Waals surface area (Å²) < 4.78 is 10.4.